The molecule has 1 fully saturated rings. The van der Waals surface area contributed by atoms with Gasteiger partial charge in [-0.1, -0.05) is 6.92 Å². The fourth-order valence-electron chi connectivity index (χ4n) is 2.12. The zero-order chi connectivity index (χ0) is 13.7. The standard InChI is InChI=1S/C13H25N3O2.ClH/c1-4-8(2)15-12(17)9(3)16-13(18)10-5-6-11(14)7-10;/h8-11H,4-7,14H2,1-3H3,(H,15,17)(H,16,18);1H. The van der Waals surface area contributed by atoms with E-state index in [0.717, 1.165) is 25.7 Å². The summed E-state index contributed by atoms with van der Waals surface area (Å²) in [6.45, 7) is 5.67. The molecule has 0 aromatic carbocycles. The fraction of sp³-hybridized carbons (Fsp3) is 0.846. The van der Waals surface area contributed by atoms with Crippen molar-refractivity contribution in [2.24, 2.45) is 11.7 Å². The van der Waals surface area contributed by atoms with E-state index in [1.807, 2.05) is 13.8 Å². The minimum Gasteiger partial charge on any atom is -0.352 e. The van der Waals surface area contributed by atoms with Gasteiger partial charge in [-0.15, -0.1) is 12.4 Å². The highest BCUT2D eigenvalue weighted by Crippen LogP contribution is 2.24. The van der Waals surface area contributed by atoms with Gasteiger partial charge in [-0.3, -0.25) is 9.59 Å². The van der Waals surface area contributed by atoms with E-state index in [-0.39, 0.29) is 42.2 Å². The van der Waals surface area contributed by atoms with Crippen LogP contribution in [0.15, 0.2) is 0 Å². The fourth-order valence-corrected chi connectivity index (χ4v) is 2.12. The van der Waals surface area contributed by atoms with Crippen LogP contribution in [0.25, 0.3) is 0 Å². The molecule has 1 rings (SSSR count). The van der Waals surface area contributed by atoms with Crippen molar-refractivity contribution in [2.75, 3.05) is 0 Å². The van der Waals surface area contributed by atoms with Crippen molar-refractivity contribution in [1.82, 2.24) is 10.6 Å². The Morgan fingerprint density at radius 1 is 1.26 bits per heavy atom. The van der Waals surface area contributed by atoms with Gasteiger partial charge in [-0.2, -0.15) is 0 Å². The number of rotatable bonds is 5. The maximum atomic E-state index is 11.9. The summed E-state index contributed by atoms with van der Waals surface area (Å²) >= 11 is 0. The first-order valence-electron chi connectivity index (χ1n) is 6.80. The first-order chi connectivity index (χ1) is 8.43. The van der Waals surface area contributed by atoms with E-state index in [1.54, 1.807) is 6.92 Å². The van der Waals surface area contributed by atoms with Crippen molar-refractivity contribution in [2.45, 2.75) is 64.6 Å². The Morgan fingerprint density at radius 3 is 2.37 bits per heavy atom. The first-order valence-corrected chi connectivity index (χ1v) is 6.80. The highest BCUT2D eigenvalue weighted by atomic mass is 35.5. The van der Waals surface area contributed by atoms with Gasteiger partial charge in [-0.05, 0) is 39.5 Å². The first kappa shape index (κ1) is 18.2. The number of carbonyl (C=O) groups excluding carboxylic acids is 2. The molecule has 2 amide bonds. The van der Waals surface area contributed by atoms with Gasteiger partial charge in [0.15, 0.2) is 0 Å². The maximum absolute atomic E-state index is 11.9. The van der Waals surface area contributed by atoms with Crippen LogP contribution in [0.2, 0.25) is 0 Å². The molecule has 0 spiro atoms. The van der Waals surface area contributed by atoms with Gasteiger partial charge in [0.2, 0.25) is 11.8 Å². The smallest absolute Gasteiger partial charge is 0.242 e. The Balaban J connectivity index is 0.00000324. The minimum absolute atomic E-state index is 0. The SMILES string of the molecule is CCC(C)NC(=O)C(C)NC(=O)C1CCC(N)C1.Cl. The molecular formula is C13H26ClN3O2. The van der Waals surface area contributed by atoms with Crippen LogP contribution < -0.4 is 16.4 Å². The molecule has 0 aromatic rings. The predicted molar refractivity (Wildman–Crippen MR) is 78.1 cm³/mol. The lowest BCUT2D eigenvalue weighted by Gasteiger charge is -2.19. The quantitative estimate of drug-likeness (QED) is 0.705. The third kappa shape index (κ3) is 5.78. The second-order valence-corrected chi connectivity index (χ2v) is 5.32. The molecule has 112 valence electrons. The van der Waals surface area contributed by atoms with E-state index in [1.165, 1.54) is 0 Å². The molecule has 19 heavy (non-hydrogen) atoms. The molecule has 0 bridgehead atoms. The molecule has 0 aromatic heterocycles. The lowest BCUT2D eigenvalue weighted by Crippen LogP contribution is -2.48. The molecule has 1 saturated carbocycles. The van der Waals surface area contributed by atoms with Crippen molar-refractivity contribution in [3.8, 4) is 0 Å². The molecule has 6 heteroatoms. The number of nitrogens with one attached hydrogen (secondary N) is 2. The van der Waals surface area contributed by atoms with Crippen LogP contribution in [-0.2, 0) is 9.59 Å². The summed E-state index contributed by atoms with van der Waals surface area (Å²) in [7, 11) is 0. The number of amides is 2. The molecule has 0 aliphatic heterocycles. The number of hydrogen-bond donors (Lipinski definition) is 3. The van der Waals surface area contributed by atoms with Crippen molar-refractivity contribution in [3.05, 3.63) is 0 Å². The summed E-state index contributed by atoms with van der Waals surface area (Å²) in [5, 5.41) is 5.62. The van der Waals surface area contributed by atoms with Crippen molar-refractivity contribution >= 4 is 24.2 Å². The van der Waals surface area contributed by atoms with E-state index in [4.69, 9.17) is 5.73 Å². The third-order valence-corrected chi connectivity index (χ3v) is 3.60. The van der Waals surface area contributed by atoms with E-state index >= 15 is 0 Å². The van der Waals surface area contributed by atoms with Gasteiger partial charge >= 0.3 is 0 Å². The number of hydrogen-bond acceptors (Lipinski definition) is 3. The molecule has 0 heterocycles. The number of nitrogens with two attached hydrogens (primary N) is 1. The Bertz CT molecular complexity index is 312. The Kier molecular flexibility index (Phi) is 8.02. The van der Waals surface area contributed by atoms with Crippen molar-refractivity contribution in [3.63, 3.8) is 0 Å². The lowest BCUT2D eigenvalue weighted by atomic mass is 10.1. The van der Waals surface area contributed by atoms with Gasteiger partial charge in [0.05, 0.1) is 0 Å². The monoisotopic (exact) mass is 291 g/mol. The van der Waals surface area contributed by atoms with Gasteiger partial charge in [-0.25, -0.2) is 0 Å². The molecule has 5 nitrogen and oxygen atoms in total. The molecule has 4 unspecified atom stereocenters. The van der Waals surface area contributed by atoms with Gasteiger partial charge in [0.1, 0.15) is 6.04 Å². The summed E-state index contributed by atoms with van der Waals surface area (Å²) in [5.74, 6) is -0.200. The van der Waals surface area contributed by atoms with E-state index in [0.29, 0.717) is 0 Å². The maximum Gasteiger partial charge on any atom is 0.242 e. The van der Waals surface area contributed by atoms with Crippen LogP contribution in [0.1, 0.15) is 46.5 Å². The molecule has 4 N–H and O–H groups in total. The van der Waals surface area contributed by atoms with E-state index < -0.39 is 6.04 Å². The summed E-state index contributed by atoms with van der Waals surface area (Å²) < 4.78 is 0. The topological polar surface area (TPSA) is 84.2 Å². The van der Waals surface area contributed by atoms with E-state index in [9.17, 15) is 9.59 Å². The lowest BCUT2D eigenvalue weighted by molar-refractivity contribution is -0.131. The summed E-state index contributed by atoms with van der Waals surface area (Å²) in [6.07, 6.45) is 3.33. The Morgan fingerprint density at radius 2 is 1.89 bits per heavy atom. The zero-order valence-electron chi connectivity index (χ0n) is 11.9. The molecule has 0 saturated heterocycles. The predicted octanol–water partition coefficient (Wildman–Crippen LogP) is 0.955. The van der Waals surface area contributed by atoms with Crippen LogP contribution in [0.3, 0.4) is 0 Å². The van der Waals surface area contributed by atoms with Gasteiger partial charge in [0, 0.05) is 18.0 Å². The summed E-state index contributed by atoms with van der Waals surface area (Å²) in [5.41, 5.74) is 5.78. The molecule has 4 atom stereocenters. The average molecular weight is 292 g/mol. The second kappa shape index (κ2) is 8.38. The molecule has 0 radical (unpaired) electrons. The second-order valence-electron chi connectivity index (χ2n) is 5.32. The average Bonchev–Trinajstić information content (AvgIpc) is 2.75. The summed E-state index contributed by atoms with van der Waals surface area (Å²) in [6, 6.07) is -0.218. The third-order valence-electron chi connectivity index (χ3n) is 3.60. The van der Waals surface area contributed by atoms with Crippen LogP contribution in [0.4, 0.5) is 0 Å². The van der Waals surface area contributed by atoms with Crippen LogP contribution in [0, 0.1) is 5.92 Å². The summed E-state index contributed by atoms with van der Waals surface area (Å²) in [4.78, 5) is 23.7. The van der Waals surface area contributed by atoms with Crippen molar-refractivity contribution in [1.29, 1.82) is 0 Å². The number of halogens is 1. The minimum atomic E-state index is -0.483. The van der Waals surface area contributed by atoms with Crippen LogP contribution >= 0.6 is 12.4 Å². The van der Waals surface area contributed by atoms with Crippen LogP contribution in [-0.4, -0.2) is 29.9 Å². The Hall–Kier alpha value is -0.810. The van der Waals surface area contributed by atoms with Crippen molar-refractivity contribution < 1.29 is 9.59 Å². The molecule has 1 aliphatic rings. The van der Waals surface area contributed by atoms with Crippen LogP contribution in [0.5, 0.6) is 0 Å². The highest BCUT2D eigenvalue weighted by Gasteiger charge is 2.29. The highest BCUT2D eigenvalue weighted by molar-refractivity contribution is 5.88. The molecule has 1 aliphatic carbocycles. The van der Waals surface area contributed by atoms with Gasteiger partial charge in [0.25, 0.3) is 0 Å². The number of carbonyl (C=O) groups is 2. The molecular weight excluding hydrogens is 266 g/mol. The van der Waals surface area contributed by atoms with E-state index in [2.05, 4.69) is 10.6 Å². The van der Waals surface area contributed by atoms with Gasteiger partial charge < -0.3 is 16.4 Å². The largest absolute Gasteiger partial charge is 0.352 e. The Labute approximate surface area is 121 Å². The normalized spacial score (nSPS) is 25.1. The zero-order valence-corrected chi connectivity index (χ0v) is 12.8.